The number of aryl methyl sites for hydroxylation is 2. The summed E-state index contributed by atoms with van der Waals surface area (Å²) in [5.74, 6) is 0.879. The number of carboxylic acid groups (broad SMARTS) is 1. The first kappa shape index (κ1) is 27.2. The largest absolute Gasteiger partial charge is 0.489 e. The molecule has 0 amide bonds. The Hall–Kier alpha value is -3.39. The summed E-state index contributed by atoms with van der Waals surface area (Å²) in [6.07, 6.45) is 2.59. The van der Waals surface area contributed by atoms with E-state index in [9.17, 15) is 18.3 Å². The molecule has 8 heteroatoms. The van der Waals surface area contributed by atoms with Crippen LogP contribution in [0.15, 0.2) is 54.6 Å². The molecule has 5 rings (SSSR count). The second-order valence-corrected chi connectivity index (χ2v) is 13.4. The molecule has 1 N–H and O–H groups in total. The third kappa shape index (κ3) is 5.81. The first-order valence-corrected chi connectivity index (χ1v) is 15.5. The van der Waals surface area contributed by atoms with Gasteiger partial charge in [0, 0.05) is 36.5 Å². The van der Waals surface area contributed by atoms with Crippen LogP contribution in [-0.4, -0.2) is 49.1 Å². The maximum atomic E-state index is 11.9. The number of hydrogen-bond donors (Lipinski definition) is 1. The first-order chi connectivity index (χ1) is 18.5. The zero-order valence-electron chi connectivity index (χ0n) is 22.9. The minimum Gasteiger partial charge on any atom is -0.489 e. The molecule has 2 aliphatic rings. The van der Waals surface area contributed by atoms with Gasteiger partial charge in [0.2, 0.25) is 0 Å². The summed E-state index contributed by atoms with van der Waals surface area (Å²) in [6.45, 7) is 7.82. The molecule has 1 aliphatic heterocycles. The number of pyridine rings is 1. The molecule has 3 atom stereocenters. The van der Waals surface area contributed by atoms with Gasteiger partial charge in [-0.3, -0.25) is 4.79 Å². The maximum Gasteiger partial charge on any atom is 0.307 e. The summed E-state index contributed by atoms with van der Waals surface area (Å²) in [7, 11) is -3.00. The molecule has 7 nitrogen and oxygen atoms in total. The Kier molecular flexibility index (Phi) is 7.42. The second kappa shape index (κ2) is 10.6. The average molecular weight is 549 g/mol. The molecule has 3 aromatic rings. The van der Waals surface area contributed by atoms with Gasteiger partial charge < -0.3 is 14.7 Å². The van der Waals surface area contributed by atoms with E-state index in [-0.39, 0.29) is 23.0 Å². The van der Waals surface area contributed by atoms with E-state index in [4.69, 9.17) is 9.72 Å². The molecule has 39 heavy (non-hydrogen) atoms. The average Bonchev–Trinajstić information content (AvgIpc) is 3.57. The van der Waals surface area contributed by atoms with Gasteiger partial charge in [0.15, 0.2) is 0 Å². The van der Waals surface area contributed by atoms with Crippen LogP contribution in [0.4, 0.5) is 5.82 Å². The molecule has 1 aromatic heterocycles. The van der Waals surface area contributed by atoms with E-state index in [0.29, 0.717) is 32.5 Å². The van der Waals surface area contributed by atoms with E-state index in [1.54, 1.807) is 0 Å². The molecular formula is C31H36N2O5S. The summed E-state index contributed by atoms with van der Waals surface area (Å²) >= 11 is 0. The number of anilines is 1. The predicted molar refractivity (Wildman–Crippen MR) is 153 cm³/mol. The van der Waals surface area contributed by atoms with Gasteiger partial charge in [-0.2, -0.15) is 0 Å². The van der Waals surface area contributed by atoms with Crippen molar-refractivity contribution in [3.8, 4) is 16.9 Å². The number of hydrogen-bond acceptors (Lipinski definition) is 6. The van der Waals surface area contributed by atoms with Crippen molar-refractivity contribution >= 4 is 21.6 Å². The Morgan fingerprint density at radius 2 is 1.82 bits per heavy atom. The van der Waals surface area contributed by atoms with Crippen molar-refractivity contribution in [2.75, 3.05) is 24.2 Å². The Balaban J connectivity index is 1.24. The highest BCUT2D eigenvalue weighted by Crippen LogP contribution is 2.54. The van der Waals surface area contributed by atoms with Gasteiger partial charge >= 0.3 is 5.97 Å². The highest BCUT2D eigenvalue weighted by atomic mass is 32.2. The monoisotopic (exact) mass is 548 g/mol. The van der Waals surface area contributed by atoms with Gasteiger partial charge in [-0.25, -0.2) is 13.4 Å². The third-order valence-electron chi connectivity index (χ3n) is 8.35. The molecule has 1 saturated heterocycles. The predicted octanol–water partition coefficient (Wildman–Crippen LogP) is 5.39. The Bertz CT molecular complexity index is 1490. The smallest absolute Gasteiger partial charge is 0.307 e. The Morgan fingerprint density at radius 1 is 1.08 bits per heavy atom. The molecule has 0 spiro atoms. The highest BCUT2D eigenvalue weighted by molar-refractivity contribution is 7.91. The number of aromatic nitrogens is 1. The van der Waals surface area contributed by atoms with E-state index in [1.807, 2.05) is 57.2 Å². The van der Waals surface area contributed by atoms with Crippen molar-refractivity contribution in [2.45, 2.75) is 51.4 Å². The van der Waals surface area contributed by atoms with Crippen LogP contribution in [0.25, 0.3) is 11.1 Å². The van der Waals surface area contributed by atoms with Gasteiger partial charge in [0.1, 0.15) is 28.0 Å². The zero-order valence-corrected chi connectivity index (χ0v) is 23.7. The van der Waals surface area contributed by atoms with Crippen LogP contribution in [0.1, 0.15) is 48.1 Å². The van der Waals surface area contributed by atoms with E-state index in [2.05, 4.69) is 23.1 Å². The minimum absolute atomic E-state index is 0.0794. The summed E-state index contributed by atoms with van der Waals surface area (Å²) in [5, 5.41) is 9.13. The summed E-state index contributed by atoms with van der Waals surface area (Å²) in [5.41, 5.74) is 6.24. The Morgan fingerprint density at radius 3 is 2.44 bits per heavy atom. The lowest BCUT2D eigenvalue weighted by molar-refractivity contribution is -0.138. The van der Waals surface area contributed by atoms with Crippen molar-refractivity contribution in [1.82, 2.24) is 4.98 Å². The molecule has 2 heterocycles. The number of carboxylic acids is 1. The molecule has 0 bridgehead atoms. The quantitative estimate of drug-likeness (QED) is 0.403. The van der Waals surface area contributed by atoms with E-state index >= 15 is 0 Å². The fourth-order valence-corrected chi connectivity index (χ4v) is 7.03. The summed E-state index contributed by atoms with van der Waals surface area (Å²) < 4.78 is 29.9. The standard InChI is InChI=1S/C31H36N2O5S/c1-19-16-24(8-9-26(19)29-20(2)30(29)31(34)35)38-18-22-6-5-7-23(17-22)27-10-11-28(32-21(27)3)33-14-12-25(13-15-33)39(4,36)37/h5-11,16-17,20,25,29-30H,12-15,18H2,1-4H3,(H,34,35). The molecule has 2 fully saturated rings. The van der Waals surface area contributed by atoms with Crippen molar-refractivity contribution in [3.63, 3.8) is 0 Å². The fraction of sp³-hybridized carbons (Fsp3) is 0.419. The molecule has 1 saturated carbocycles. The van der Waals surface area contributed by atoms with Crippen molar-refractivity contribution in [1.29, 1.82) is 0 Å². The molecule has 206 valence electrons. The number of benzene rings is 2. The SMILES string of the molecule is Cc1cc(OCc2cccc(-c3ccc(N4CCC(S(C)(=O)=O)CC4)nc3C)c2)ccc1C1C(C)C1C(=O)O. The molecular weight excluding hydrogens is 512 g/mol. The van der Waals surface area contributed by atoms with Crippen molar-refractivity contribution < 1.29 is 23.1 Å². The lowest BCUT2D eigenvalue weighted by Gasteiger charge is -2.32. The van der Waals surface area contributed by atoms with Gasteiger partial charge in [-0.15, -0.1) is 0 Å². The normalized spacial score (nSPS) is 21.5. The van der Waals surface area contributed by atoms with Crippen LogP contribution in [0, 0.1) is 25.7 Å². The first-order valence-electron chi connectivity index (χ1n) is 13.5. The Labute approximate surface area is 230 Å². The summed E-state index contributed by atoms with van der Waals surface area (Å²) in [4.78, 5) is 18.4. The maximum absolute atomic E-state index is 11.9. The number of nitrogens with zero attached hydrogens (tertiary/aromatic N) is 2. The third-order valence-corrected chi connectivity index (χ3v) is 10.0. The molecule has 1 aliphatic carbocycles. The topological polar surface area (TPSA) is 96.8 Å². The zero-order chi connectivity index (χ0) is 27.9. The van der Waals surface area contributed by atoms with Gasteiger partial charge in [0.25, 0.3) is 0 Å². The number of sulfone groups is 1. The number of ether oxygens (including phenoxy) is 1. The number of carbonyl (C=O) groups is 1. The van der Waals surface area contributed by atoms with Crippen LogP contribution in [-0.2, 0) is 21.2 Å². The van der Waals surface area contributed by atoms with Crippen LogP contribution in [0.3, 0.4) is 0 Å². The van der Waals surface area contributed by atoms with Crippen LogP contribution >= 0.6 is 0 Å². The number of piperidine rings is 1. The van der Waals surface area contributed by atoms with Crippen molar-refractivity contribution in [2.24, 2.45) is 11.8 Å². The lowest BCUT2D eigenvalue weighted by atomic mass is 10.0. The fourth-order valence-electron chi connectivity index (χ4n) is 5.97. The van der Waals surface area contributed by atoms with Crippen LogP contribution in [0.5, 0.6) is 5.75 Å². The van der Waals surface area contributed by atoms with Gasteiger partial charge in [0.05, 0.1) is 11.2 Å². The van der Waals surface area contributed by atoms with Crippen molar-refractivity contribution in [3.05, 3.63) is 77.0 Å². The van der Waals surface area contributed by atoms with E-state index in [0.717, 1.165) is 45.1 Å². The second-order valence-electron chi connectivity index (χ2n) is 11.1. The van der Waals surface area contributed by atoms with Gasteiger partial charge in [-0.05, 0) is 85.2 Å². The number of rotatable bonds is 8. The molecule has 0 radical (unpaired) electrons. The van der Waals surface area contributed by atoms with Crippen LogP contribution < -0.4 is 9.64 Å². The molecule has 3 unspecified atom stereocenters. The highest BCUT2D eigenvalue weighted by Gasteiger charge is 2.53. The lowest BCUT2D eigenvalue weighted by Crippen LogP contribution is -2.39. The molecule has 2 aromatic carbocycles. The van der Waals surface area contributed by atoms with E-state index < -0.39 is 15.8 Å². The minimum atomic E-state index is -3.00. The number of aliphatic carboxylic acids is 1. The van der Waals surface area contributed by atoms with Crippen LogP contribution in [0.2, 0.25) is 0 Å². The summed E-state index contributed by atoms with van der Waals surface area (Å²) in [6, 6.07) is 18.3. The van der Waals surface area contributed by atoms with Gasteiger partial charge in [-0.1, -0.05) is 31.2 Å². The van der Waals surface area contributed by atoms with E-state index in [1.165, 1.54) is 6.26 Å².